The Morgan fingerprint density at radius 2 is 1.63 bits per heavy atom. The average molecular weight is 669 g/mol. The van der Waals surface area contributed by atoms with Crippen molar-refractivity contribution in [1.29, 1.82) is 0 Å². The number of ether oxygens (including phenoxy) is 3. The molecule has 0 bridgehead atoms. The van der Waals surface area contributed by atoms with E-state index in [4.69, 9.17) is 37.4 Å². The fourth-order valence-corrected chi connectivity index (χ4v) is 7.13. The molecule has 5 atom stereocenters. The molecule has 1 aliphatic carbocycles. The molecule has 1 aromatic heterocycles. The first-order valence-electron chi connectivity index (χ1n) is 16.3. The number of rotatable bonds is 11. The topological polar surface area (TPSA) is 74.0 Å². The Bertz CT molecular complexity index is 1580. The van der Waals surface area contributed by atoms with Crippen LogP contribution in [-0.4, -0.2) is 71.0 Å². The second-order valence-corrected chi connectivity index (χ2v) is 13.2. The summed E-state index contributed by atoms with van der Waals surface area (Å²) in [6, 6.07) is 16.5. The third-order valence-electron chi connectivity index (χ3n) is 9.22. The fraction of sp³-hybridized carbons (Fsp3) is 0.486. The quantitative estimate of drug-likeness (QED) is 0.215. The van der Waals surface area contributed by atoms with Crippen LogP contribution in [0.4, 0.5) is 11.4 Å². The van der Waals surface area contributed by atoms with Crippen molar-refractivity contribution in [2.24, 2.45) is 5.92 Å². The fourth-order valence-electron chi connectivity index (χ4n) is 6.45. The van der Waals surface area contributed by atoms with Gasteiger partial charge in [0, 0.05) is 49.0 Å². The molecule has 2 fully saturated rings. The maximum absolute atomic E-state index is 12.8. The van der Waals surface area contributed by atoms with Gasteiger partial charge in [-0.05, 0) is 74.0 Å². The first kappa shape index (κ1) is 32.7. The summed E-state index contributed by atoms with van der Waals surface area (Å²) < 4.78 is 22.0. The lowest BCUT2D eigenvalue weighted by Gasteiger charge is -2.37. The van der Waals surface area contributed by atoms with Gasteiger partial charge in [0.05, 0.1) is 29.6 Å². The highest BCUT2D eigenvalue weighted by Crippen LogP contribution is 2.42. The van der Waals surface area contributed by atoms with Gasteiger partial charge in [0.2, 0.25) is 0 Å². The summed E-state index contributed by atoms with van der Waals surface area (Å²) in [5.74, 6) is -0.0857. The maximum atomic E-state index is 12.8. The van der Waals surface area contributed by atoms with E-state index < -0.39 is 5.79 Å². The predicted octanol–water partition coefficient (Wildman–Crippen LogP) is 6.54. The van der Waals surface area contributed by atoms with Crippen LogP contribution in [-0.2, 0) is 9.47 Å². The Hall–Kier alpha value is -3.24. The second-order valence-electron chi connectivity index (χ2n) is 12.3. The molecule has 2 saturated heterocycles. The SMILES string of the molecule is CCC[C@]1(C2C=CC(Cl)=CC2Cl)OC[C@H](COc2ccc(N3CCN(c4ccc(-n5cnn(C(C)CC)c5=O)cc4)CC3)cc2)O1. The van der Waals surface area contributed by atoms with E-state index in [9.17, 15) is 4.79 Å². The molecule has 2 aromatic carbocycles. The molecule has 9 nitrogen and oxygen atoms in total. The highest BCUT2D eigenvalue weighted by Gasteiger charge is 2.49. The largest absolute Gasteiger partial charge is 0.491 e. The smallest absolute Gasteiger partial charge is 0.350 e. The van der Waals surface area contributed by atoms with Gasteiger partial charge in [0.25, 0.3) is 0 Å². The molecular formula is C35H43Cl2N5O4. The van der Waals surface area contributed by atoms with E-state index in [1.165, 1.54) is 5.69 Å². The molecule has 3 aromatic rings. The van der Waals surface area contributed by atoms with Crippen molar-refractivity contribution in [3.8, 4) is 11.4 Å². The van der Waals surface area contributed by atoms with Crippen molar-refractivity contribution in [3.63, 3.8) is 0 Å². The Kier molecular flexibility index (Phi) is 10.1. The van der Waals surface area contributed by atoms with Crippen molar-refractivity contribution in [3.05, 3.63) is 88.6 Å². The standard InChI is InChI=1S/C35H43Cl2N5O4/c1-4-16-35(32-15-6-26(36)21-33(32)37)45-23-31(46-35)22-44-30-13-11-28(12-14-30)40-19-17-39(18-20-40)27-7-9-29(10-8-27)41-24-38-42(34(41)43)25(3)5-2/h6-15,21,24-25,31-33H,4-5,16-20,22-23H2,1-3H3/t25?,31-,32?,33?,35-/m0/s1. The van der Waals surface area contributed by atoms with E-state index in [2.05, 4.69) is 53.0 Å². The summed E-state index contributed by atoms with van der Waals surface area (Å²) in [5.41, 5.74) is 3.04. The van der Waals surface area contributed by atoms with Gasteiger partial charge >= 0.3 is 5.69 Å². The number of halogens is 2. The summed E-state index contributed by atoms with van der Waals surface area (Å²) in [4.78, 5) is 17.6. The Balaban J connectivity index is 0.991. The minimum Gasteiger partial charge on any atom is -0.491 e. The first-order valence-corrected chi connectivity index (χ1v) is 17.1. The summed E-state index contributed by atoms with van der Waals surface area (Å²) in [6.45, 7) is 10.7. The van der Waals surface area contributed by atoms with Crippen LogP contribution in [0.1, 0.15) is 46.1 Å². The molecular weight excluding hydrogens is 625 g/mol. The van der Waals surface area contributed by atoms with Gasteiger partial charge in [-0.3, -0.25) is 0 Å². The third-order valence-corrected chi connectivity index (χ3v) is 9.87. The van der Waals surface area contributed by atoms with Gasteiger partial charge in [-0.15, -0.1) is 11.6 Å². The van der Waals surface area contributed by atoms with Crippen molar-refractivity contribution in [1.82, 2.24) is 14.3 Å². The predicted molar refractivity (Wildman–Crippen MR) is 184 cm³/mol. The molecule has 0 amide bonds. The van der Waals surface area contributed by atoms with Gasteiger partial charge < -0.3 is 24.0 Å². The Morgan fingerprint density at radius 1 is 1.00 bits per heavy atom. The molecule has 0 radical (unpaired) electrons. The number of anilines is 2. The molecule has 3 unspecified atom stereocenters. The summed E-state index contributed by atoms with van der Waals surface area (Å²) in [7, 11) is 0. The van der Waals surface area contributed by atoms with Crippen molar-refractivity contribution >= 4 is 34.6 Å². The lowest BCUT2D eigenvalue weighted by atomic mass is 9.88. The van der Waals surface area contributed by atoms with Crippen LogP contribution in [0.3, 0.4) is 0 Å². The van der Waals surface area contributed by atoms with Gasteiger partial charge in [-0.25, -0.2) is 14.0 Å². The molecule has 3 heterocycles. The minimum absolute atomic E-state index is 0.0734. The summed E-state index contributed by atoms with van der Waals surface area (Å²) in [6.07, 6.45) is 9.65. The highest BCUT2D eigenvalue weighted by molar-refractivity contribution is 6.32. The van der Waals surface area contributed by atoms with E-state index in [0.717, 1.165) is 62.6 Å². The Labute approximate surface area is 280 Å². The number of allylic oxidation sites excluding steroid dienone is 3. The zero-order chi connectivity index (χ0) is 32.3. The molecule has 11 heteroatoms. The first-order chi connectivity index (χ1) is 22.3. The lowest BCUT2D eigenvalue weighted by Crippen LogP contribution is -2.46. The van der Waals surface area contributed by atoms with Crippen molar-refractivity contribution in [2.45, 2.75) is 63.3 Å². The van der Waals surface area contributed by atoms with E-state index >= 15 is 0 Å². The second kappa shape index (κ2) is 14.3. The van der Waals surface area contributed by atoms with E-state index in [1.54, 1.807) is 15.6 Å². The zero-order valence-corrected chi connectivity index (χ0v) is 28.2. The number of hydrogen-bond donors (Lipinski definition) is 0. The third kappa shape index (κ3) is 6.88. The van der Waals surface area contributed by atoms with Crippen LogP contribution in [0.2, 0.25) is 0 Å². The van der Waals surface area contributed by atoms with Crippen molar-refractivity contribution in [2.75, 3.05) is 49.2 Å². The van der Waals surface area contributed by atoms with E-state index in [0.29, 0.717) is 18.2 Å². The number of aromatic nitrogens is 3. The van der Waals surface area contributed by atoms with Crippen molar-refractivity contribution < 1.29 is 14.2 Å². The van der Waals surface area contributed by atoms with Crippen LogP contribution in [0.15, 0.2) is 82.9 Å². The number of piperazine rings is 1. The van der Waals surface area contributed by atoms with Gasteiger partial charge in [-0.1, -0.05) is 37.9 Å². The normalized spacial score (nSPS) is 25.5. The summed E-state index contributed by atoms with van der Waals surface area (Å²) >= 11 is 12.8. The van der Waals surface area contributed by atoms with E-state index in [1.807, 2.05) is 49.4 Å². The number of nitrogens with zero attached hydrogens (tertiary/aromatic N) is 5. The zero-order valence-electron chi connectivity index (χ0n) is 26.7. The molecule has 46 heavy (non-hydrogen) atoms. The van der Waals surface area contributed by atoms with Gasteiger partial charge in [0.1, 0.15) is 24.8 Å². The van der Waals surface area contributed by atoms with Crippen LogP contribution in [0.5, 0.6) is 5.75 Å². The number of benzene rings is 2. The monoisotopic (exact) mass is 667 g/mol. The van der Waals surface area contributed by atoms with Crippen LogP contribution >= 0.6 is 23.2 Å². The average Bonchev–Trinajstić information content (AvgIpc) is 3.67. The van der Waals surface area contributed by atoms with Crippen LogP contribution in [0, 0.1) is 5.92 Å². The molecule has 3 aliphatic rings. The van der Waals surface area contributed by atoms with Crippen LogP contribution in [0.25, 0.3) is 5.69 Å². The maximum Gasteiger partial charge on any atom is 0.350 e. The molecule has 0 spiro atoms. The van der Waals surface area contributed by atoms with Crippen LogP contribution < -0.4 is 20.2 Å². The molecule has 0 saturated carbocycles. The Morgan fingerprint density at radius 3 is 2.24 bits per heavy atom. The number of alkyl halides is 1. The number of hydrogen-bond acceptors (Lipinski definition) is 7. The van der Waals surface area contributed by atoms with E-state index in [-0.39, 0.29) is 29.1 Å². The molecule has 246 valence electrons. The van der Waals surface area contributed by atoms with Gasteiger partial charge in [0.15, 0.2) is 5.79 Å². The summed E-state index contributed by atoms with van der Waals surface area (Å²) in [5, 5.41) is 4.65. The molecule has 2 aliphatic heterocycles. The minimum atomic E-state index is -0.773. The molecule has 0 N–H and O–H groups in total. The highest BCUT2D eigenvalue weighted by atomic mass is 35.5. The van der Waals surface area contributed by atoms with Gasteiger partial charge in [-0.2, -0.15) is 5.10 Å². The molecule has 6 rings (SSSR count). The lowest BCUT2D eigenvalue weighted by molar-refractivity contribution is -0.200.